The maximum Gasteiger partial charge on any atom is 0.245 e. The van der Waals surface area contributed by atoms with E-state index in [9.17, 15) is 13.2 Å². The van der Waals surface area contributed by atoms with Crippen LogP contribution >= 0.6 is 0 Å². The minimum absolute atomic E-state index is 0.507. The highest BCUT2D eigenvalue weighted by Gasteiger charge is 2.38. The fraction of sp³-hybridized carbons (Fsp3) is 0.417. The minimum Gasteiger partial charge on any atom is -0.399 e. The first kappa shape index (κ1) is 14.5. The fourth-order valence-corrected chi connectivity index (χ4v) is 1.60. The molecule has 100 valence electrons. The van der Waals surface area contributed by atoms with Crippen molar-refractivity contribution < 1.29 is 13.2 Å². The number of carbonyl (C=O) groups excluding carboxylic acids is 1. The van der Waals surface area contributed by atoms with E-state index < -0.39 is 20.5 Å². The van der Waals surface area contributed by atoms with E-state index in [0.717, 1.165) is 11.8 Å². The molecule has 0 spiro atoms. The zero-order valence-electron chi connectivity index (χ0n) is 10.9. The van der Waals surface area contributed by atoms with Gasteiger partial charge in [-0.25, -0.2) is 8.42 Å². The van der Waals surface area contributed by atoms with Gasteiger partial charge in [-0.3, -0.25) is 4.79 Å². The lowest BCUT2D eigenvalue weighted by molar-refractivity contribution is -0.117. The third kappa shape index (κ3) is 2.81. The Bertz CT molecular complexity index is 577. The molecule has 1 rings (SSSR count). The topological polar surface area (TPSA) is 89.3 Å². The second kappa shape index (κ2) is 4.61. The predicted octanol–water partition coefficient (Wildman–Crippen LogP) is 1.34. The number of sulfone groups is 1. The molecule has 0 aliphatic carbocycles. The van der Waals surface area contributed by atoms with Crippen molar-refractivity contribution in [2.45, 2.75) is 25.5 Å². The molecule has 0 aromatic heterocycles. The van der Waals surface area contributed by atoms with E-state index in [1.165, 1.54) is 13.8 Å². The molecule has 0 radical (unpaired) electrons. The second-order valence-corrected chi connectivity index (χ2v) is 7.38. The van der Waals surface area contributed by atoms with Gasteiger partial charge in [-0.15, -0.1) is 0 Å². The summed E-state index contributed by atoms with van der Waals surface area (Å²) in [5.41, 5.74) is 7.48. The van der Waals surface area contributed by atoms with Gasteiger partial charge in [-0.2, -0.15) is 0 Å². The predicted molar refractivity (Wildman–Crippen MR) is 73.1 cm³/mol. The number of amides is 1. The number of anilines is 2. The molecule has 0 atom stereocenters. The third-order valence-electron chi connectivity index (χ3n) is 2.98. The van der Waals surface area contributed by atoms with E-state index >= 15 is 0 Å². The molecule has 0 aliphatic rings. The Morgan fingerprint density at radius 1 is 1.33 bits per heavy atom. The van der Waals surface area contributed by atoms with Crippen LogP contribution in [-0.4, -0.2) is 25.3 Å². The van der Waals surface area contributed by atoms with Crippen LogP contribution in [0.2, 0.25) is 0 Å². The molecular formula is C12H18N2O3S. The van der Waals surface area contributed by atoms with E-state index in [1.807, 2.05) is 6.92 Å². The fourth-order valence-electron chi connectivity index (χ4n) is 1.22. The maximum absolute atomic E-state index is 12.0. The van der Waals surface area contributed by atoms with Crippen molar-refractivity contribution in [1.82, 2.24) is 0 Å². The van der Waals surface area contributed by atoms with E-state index in [-0.39, 0.29) is 0 Å². The normalized spacial score (nSPS) is 12.2. The Labute approximate surface area is 107 Å². The quantitative estimate of drug-likeness (QED) is 0.811. The molecule has 0 fully saturated rings. The maximum atomic E-state index is 12.0. The summed E-state index contributed by atoms with van der Waals surface area (Å²) in [5, 5.41) is 2.60. The smallest absolute Gasteiger partial charge is 0.245 e. The largest absolute Gasteiger partial charge is 0.399 e. The highest BCUT2D eigenvalue weighted by atomic mass is 32.2. The first-order chi connectivity index (χ1) is 8.05. The van der Waals surface area contributed by atoms with Crippen LogP contribution in [0, 0.1) is 6.92 Å². The van der Waals surface area contributed by atoms with Gasteiger partial charge in [0.25, 0.3) is 0 Å². The molecule has 0 aliphatic heterocycles. The highest BCUT2D eigenvalue weighted by molar-refractivity contribution is 7.92. The zero-order chi connectivity index (χ0) is 14.1. The number of hydrogen-bond donors (Lipinski definition) is 2. The van der Waals surface area contributed by atoms with E-state index in [4.69, 9.17) is 5.73 Å². The van der Waals surface area contributed by atoms with Crippen molar-refractivity contribution in [1.29, 1.82) is 0 Å². The molecular weight excluding hydrogens is 252 g/mol. The summed E-state index contributed by atoms with van der Waals surface area (Å²) < 4.78 is 21.6. The van der Waals surface area contributed by atoms with Crippen LogP contribution in [0.15, 0.2) is 18.2 Å². The number of hydrogen-bond acceptors (Lipinski definition) is 4. The lowest BCUT2D eigenvalue weighted by Gasteiger charge is -2.22. The zero-order valence-corrected chi connectivity index (χ0v) is 11.8. The first-order valence-electron chi connectivity index (χ1n) is 5.43. The standard InChI is InChI=1S/C12H18N2O3S/c1-8-5-6-9(13)7-10(8)14-11(15)12(2,3)18(4,16)17/h5-7H,13H2,1-4H3,(H,14,15). The molecule has 0 bridgehead atoms. The van der Waals surface area contributed by atoms with Gasteiger partial charge in [0.2, 0.25) is 5.91 Å². The third-order valence-corrected chi connectivity index (χ3v) is 5.02. The lowest BCUT2D eigenvalue weighted by atomic mass is 10.1. The van der Waals surface area contributed by atoms with E-state index in [0.29, 0.717) is 11.4 Å². The molecule has 18 heavy (non-hydrogen) atoms. The number of benzene rings is 1. The van der Waals surface area contributed by atoms with E-state index in [1.54, 1.807) is 18.2 Å². The van der Waals surface area contributed by atoms with Gasteiger partial charge in [-0.1, -0.05) is 6.07 Å². The van der Waals surface area contributed by atoms with Crippen LogP contribution in [0.3, 0.4) is 0 Å². The first-order valence-corrected chi connectivity index (χ1v) is 7.32. The molecule has 0 unspecified atom stereocenters. The van der Waals surface area contributed by atoms with Crippen LogP contribution in [0.5, 0.6) is 0 Å². The van der Waals surface area contributed by atoms with Crippen LogP contribution < -0.4 is 11.1 Å². The van der Waals surface area contributed by atoms with Crippen LogP contribution in [0.1, 0.15) is 19.4 Å². The van der Waals surface area contributed by atoms with Gasteiger partial charge >= 0.3 is 0 Å². The second-order valence-electron chi connectivity index (χ2n) is 4.81. The van der Waals surface area contributed by atoms with Gasteiger partial charge in [-0.05, 0) is 38.5 Å². The highest BCUT2D eigenvalue weighted by Crippen LogP contribution is 2.22. The van der Waals surface area contributed by atoms with Crippen LogP contribution in [0.4, 0.5) is 11.4 Å². The SMILES string of the molecule is Cc1ccc(N)cc1NC(=O)C(C)(C)S(C)(=O)=O. The van der Waals surface area contributed by atoms with Gasteiger partial charge in [0.15, 0.2) is 9.84 Å². The number of nitrogens with one attached hydrogen (secondary N) is 1. The van der Waals surface area contributed by atoms with Crippen molar-refractivity contribution in [3.05, 3.63) is 23.8 Å². The van der Waals surface area contributed by atoms with Gasteiger partial charge in [0.05, 0.1) is 0 Å². The van der Waals surface area contributed by atoms with Crippen LogP contribution in [0.25, 0.3) is 0 Å². The van der Waals surface area contributed by atoms with Crippen molar-refractivity contribution >= 4 is 27.1 Å². The number of carbonyl (C=O) groups is 1. The molecule has 1 amide bonds. The Hall–Kier alpha value is -1.56. The number of nitrogens with two attached hydrogens (primary N) is 1. The van der Waals surface area contributed by atoms with Crippen molar-refractivity contribution in [3.8, 4) is 0 Å². The minimum atomic E-state index is -3.49. The van der Waals surface area contributed by atoms with Gasteiger partial charge in [0, 0.05) is 17.6 Å². The molecule has 6 heteroatoms. The summed E-state index contributed by atoms with van der Waals surface area (Å²) in [6, 6.07) is 5.08. The van der Waals surface area contributed by atoms with Crippen molar-refractivity contribution in [2.75, 3.05) is 17.3 Å². The Morgan fingerprint density at radius 2 is 1.89 bits per heavy atom. The Balaban J connectivity index is 3.06. The van der Waals surface area contributed by atoms with Gasteiger partial charge < -0.3 is 11.1 Å². The molecule has 0 saturated carbocycles. The molecule has 1 aromatic rings. The average molecular weight is 270 g/mol. The number of rotatable bonds is 3. The Morgan fingerprint density at radius 3 is 2.39 bits per heavy atom. The summed E-state index contributed by atoms with van der Waals surface area (Å²) in [6.45, 7) is 4.56. The monoisotopic (exact) mass is 270 g/mol. The van der Waals surface area contributed by atoms with Crippen LogP contribution in [-0.2, 0) is 14.6 Å². The van der Waals surface area contributed by atoms with Crippen molar-refractivity contribution in [2.24, 2.45) is 0 Å². The van der Waals surface area contributed by atoms with Crippen molar-refractivity contribution in [3.63, 3.8) is 0 Å². The summed E-state index contributed by atoms with van der Waals surface area (Å²) in [5.74, 6) is -0.571. The lowest BCUT2D eigenvalue weighted by Crippen LogP contribution is -2.44. The molecule has 5 nitrogen and oxygen atoms in total. The van der Waals surface area contributed by atoms with Gasteiger partial charge in [0.1, 0.15) is 4.75 Å². The number of nitrogen functional groups attached to an aromatic ring is 1. The van der Waals surface area contributed by atoms with E-state index in [2.05, 4.69) is 5.32 Å². The summed E-state index contributed by atoms with van der Waals surface area (Å²) in [7, 11) is -3.49. The molecule has 0 heterocycles. The summed E-state index contributed by atoms with van der Waals surface area (Å²) in [4.78, 5) is 12.0. The molecule has 0 saturated heterocycles. The summed E-state index contributed by atoms with van der Waals surface area (Å²) >= 11 is 0. The summed E-state index contributed by atoms with van der Waals surface area (Å²) in [6.07, 6.45) is 1.04. The Kier molecular flexibility index (Phi) is 3.71. The number of aryl methyl sites for hydroxylation is 1. The average Bonchev–Trinajstić information content (AvgIpc) is 2.21. The molecule has 1 aromatic carbocycles. The molecule has 3 N–H and O–H groups in total.